The van der Waals surface area contributed by atoms with E-state index in [-0.39, 0.29) is 24.0 Å². The van der Waals surface area contributed by atoms with E-state index in [0.29, 0.717) is 4.47 Å². The first-order valence-corrected chi connectivity index (χ1v) is 4.91. The highest BCUT2D eigenvalue weighted by Crippen LogP contribution is 2.32. The molecule has 0 spiro atoms. The van der Waals surface area contributed by atoms with Crippen LogP contribution in [0, 0.1) is 5.82 Å². The van der Waals surface area contributed by atoms with Crippen molar-refractivity contribution in [2.24, 2.45) is 0 Å². The Morgan fingerprint density at radius 2 is 2.33 bits per heavy atom. The van der Waals surface area contributed by atoms with Gasteiger partial charge >= 0.3 is 0 Å². The van der Waals surface area contributed by atoms with Gasteiger partial charge in [0.05, 0.1) is 10.2 Å². The van der Waals surface area contributed by atoms with Crippen LogP contribution in [0.15, 0.2) is 16.6 Å². The van der Waals surface area contributed by atoms with Crippen molar-refractivity contribution in [2.45, 2.75) is 0 Å². The normalized spacial score (nSPS) is 9.80. The molecule has 0 aromatic heterocycles. The topological polar surface area (TPSA) is 64.3 Å². The Bertz CT molecular complexity index is 361. The summed E-state index contributed by atoms with van der Waals surface area (Å²) < 4.78 is 18.3. The molecule has 0 atom stereocenters. The number of hydrogen-bond donors (Lipinski definition) is 2. The number of anilines is 1. The fourth-order valence-electron chi connectivity index (χ4n) is 0.942. The maximum absolute atomic E-state index is 12.8. The van der Waals surface area contributed by atoms with E-state index in [1.54, 1.807) is 0 Å². The third-order valence-corrected chi connectivity index (χ3v) is 2.25. The van der Waals surface area contributed by atoms with Crippen LogP contribution in [0.25, 0.3) is 0 Å². The van der Waals surface area contributed by atoms with Crippen molar-refractivity contribution in [3.05, 3.63) is 22.4 Å². The van der Waals surface area contributed by atoms with E-state index in [0.717, 1.165) is 6.07 Å². The van der Waals surface area contributed by atoms with E-state index in [1.807, 2.05) is 0 Å². The molecule has 0 saturated heterocycles. The van der Waals surface area contributed by atoms with Gasteiger partial charge in [-0.1, -0.05) is 0 Å². The summed E-state index contributed by atoms with van der Waals surface area (Å²) in [4.78, 5) is 10.9. The molecule has 0 saturated carbocycles. The molecule has 1 rings (SSSR count). The fourth-order valence-corrected chi connectivity index (χ4v) is 1.50. The molecule has 0 aliphatic carbocycles. The summed E-state index contributed by atoms with van der Waals surface area (Å²) in [5.41, 5.74) is 5.67. The predicted molar refractivity (Wildman–Crippen MR) is 58.1 cm³/mol. The van der Waals surface area contributed by atoms with Crippen molar-refractivity contribution in [2.75, 3.05) is 19.4 Å². The molecule has 1 aromatic rings. The van der Waals surface area contributed by atoms with Gasteiger partial charge in [-0.3, -0.25) is 4.79 Å². The van der Waals surface area contributed by atoms with Gasteiger partial charge in [-0.2, -0.15) is 0 Å². The van der Waals surface area contributed by atoms with Crippen LogP contribution in [0.3, 0.4) is 0 Å². The number of hydrogen-bond acceptors (Lipinski definition) is 3. The van der Waals surface area contributed by atoms with Crippen LogP contribution >= 0.6 is 15.9 Å². The quantitative estimate of drug-likeness (QED) is 0.818. The monoisotopic (exact) mass is 276 g/mol. The first-order valence-electron chi connectivity index (χ1n) is 4.12. The molecule has 6 heteroatoms. The zero-order chi connectivity index (χ0) is 11.4. The lowest BCUT2D eigenvalue weighted by molar-refractivity contribution is -0.122. The van der Waals surface area contributed by atoms with Gasteiger partial charge in [0.25, 0.3) is 5.91 Å². The lowest BCUT2D eigenvalue weighted by atomic mass is 10.3. The lowest BCUT2D eigenvalue weighted by Gasteiger charge is -2.09. The first-order chi connectivity index (χ1) is 7.04. The Balaban J connectivity index is 2.81. The van der Waals surface area contributed by atoms with Crippen molar-refractivity contribution in [3.63, 3.8) is 0 Å². The van der Waals surface area contributed by atoms with Crippen LogP contribution in [0.4, 0.5) is 10.1 Å². The third-order valence-electron chi connectivity index (χ3n) is 1.66. The van der Waals surface area contributed by atoms with Gasteiger partial charge in [-0.25, -0.2) is 4.39 Å². The summed E-state index contributed by atoms with van der Waals surface area (Å²) >= 11 is 3.09. The molecule has 1 aromatic carbocycles. The van der Waals surface area contributed by atoms with Gasteiger partial charge in [0, 0.05) is 13.1 Å². The number of nitrogens with one attached hydrogen (secondary N) is 1. The van der Waals surface area contributed by atoms with E-state index in [4.69, 9.17) is 10.5 Å². The minimum absolute atomic E-state index is 0.144. The molecule has 0 radical (unpaired) electrons. The van der Waals surface area contributed by atoms with Gasteiger partial charge in [0.1, 0.15) is 5.82 Å². The molecule has 0 heterocycles. The number of amides is 1. The van der Waals surface area contributed by atoms with Crippen LogP contribution in [-0.2, 0) is 4.79 Å². The molecule has 82 valence electrons. The number of nitrogen functional groups attached to an aromatic ring is 1. The second-order valence-corrected chi connectivity index (χ2v) is 3.62. The first kappa shape index (κ1) is 11.8. The van der Waals surface area contributed by atoms with Gasteiger partial charge < -0.3 is 15.8 Å². The Labute approximate surface area is 94.7 Å². The Hall–Kier alpha value is -1.30. The molecular formula is C9H10BrFN2O2. The second kappa shape index (κ2) is 4.97. The van der Waals surface area contributed by atoms with Crippen LogP contribution in [0.1, 0.15) is 0 Å². The third kappa shape index (κ3) is 3.09. The van der Waals surface area contributed by atoms with E-state index in [9.17, 15) is 9.18 Å². The van der Waals surface area contributed by atoms with Crippen molar-refractivity contribution in [1.82, 2.24) is 5.32 Å². The molecule has 0 aliphatic heterocycles. The van der Waals surface area contributed by atoms with Crippen molar-refractivity contribution < 1.29 is 13.9 Å². The second-order valence-electron chi connectivity index (χ2n) is 2.77. The molecule has 4 nitrogen and oxygen atoms in total. The molecular weight excluding hydrogens is 267 g/mol. The highest BCUT2D eigenvalue weighted by Gasteiger charge is 2.09. The highest BCUT2D eigenvalue weighted by atomic mass is 79.9. The summed E-state index contributed by atoms with van der Waals surface area (Å²) in [6.07, 6.45) is 0. The molecule has 0 fully saturated rings. The maximum Gasteiger partial charge on any atom is 0.257 e. The summed E-state index contributed by atoms with van der Waals surface area (Å²) in [6.45, 7) is -0.162. The fraction of sp³-hybridized carbons (Fsp3) is 0.222. The van der Waals surface area contributed by atoms with Gasteiger partial charge in [-0.15, -0.1) is 0 Å². The number of halogens is 2. The van der Waals surface area contributed by atoms with Gasteiger partial charge in [-0.05, 0) is 22.0 Å². The molecule has 0 unspecified atom stereocenters. The Morgan fingerprint density at radius 1 is 1.67 bits per heavy atom. The number of benzene rings is 1. The van der Waals surface area contributed by atoms with Crippen molar-refractivity contribution in [3.8, 4) is 5.75 Å². The van der Waals surface area contributed by atoms with E-state index < -0.39 is 5.82 Å². The zero-order valence-corrected chi connectivity index (χ0v) is 9.60. The summed E-state index contributed by atoms with van der Waals surface area (Å²) in [6, 6.07) is 2.35. The smallest absolute Gasteiger partial charge is 0.257 e. The number of rotatable bonds is 3. The number of carbonyl (C=O) groups excluding carboxylic acids is 1. The average molecular weight is 277 g/mol. The summed E-state index contributed by atoms with van der Waals surface area (Å²) in [5, 5.41) is 2.39. The standard InChI is InChI=1S/C9H10BrFN2O2/c1-13-8(14)4-15-9-6(10)2-5(11)3-7(9)12/h2-3H,4,12H2,1H3,(H,13,14). The van der Waals surface area contributed by atoms with Gasteiger partial charge in [0.15, 0.2) is 12.4 Å². The Kier molecular flexibility index (Phi) is 3.90. The minimum atomic E-state index is -0.466. The van der Waals surface area contributed by atoms with Gasteiger partial charge in [0.2, 0.25) is 0 Å². The van der Waals surface area contributed by atoms with Crippen molar-refractivity contribution >= 4 is 27.5 Å². The predicted octanol–water partition coefficient (Wildman–Crippen LogP) is 1.30. The van der Waals surface area contributed by atoms with Crippen LogP contribution < -0.4 is 15.8 Å². The SMILES string of the molecule is CNC(=O)COc1c(N)cc(F)cc1Br. The number of carbonyl (C=O) groups is 1. The largest absolute Gasteiger partial charge is 0.480 e. The Morgan fingerprint density at radius 3 is 2.87 bits per heavy atom. The molecule has 0 aliphatic rings. The molecule has 3 N–H and O–H groups in total. The average Bonchev–Trinajstić information content (AvgIpc) is 2.15. The van der Waals surface area contributed by atoms with E-state index in [2.05, 4.69) is 21.2 Å². The molecule has 0 bridgehead atoms. The zero-order valence-electron chi connectivity index (χ0n) is 8.01. The summed E-state index contributed by atoms with van der Waals surface area (Å²) in [7, 11) is 1.49. The lowest BCUT2D eigenvalue weighted by Crippen LogP contribution is -2.25. The molecule has 1 amide bonds. The number of likely N-dealkylation sites (N-methyl/N-ethyl adjacent to an activating group) is 1. The van der Waals surface area contributed by atoms with Crippen LogP contribution in [0.5, 0.6) is 5.75 Å². The van der Waals surface area contributed by atoms with E-state index in [1.165, 1.54) is 13.1 Å². The van der Waals surface area contributed by atoms with Crippen molar-refractivity contribution in [1.29, 1.82) is 0 Å². The number of ether oxygens (including phenoxy) is 1. The van der Waals surface area contributed by atoms with Crippen LogP contribution in [0.2, 0.25) is 0 Å². The summed E-state index contributed by atoms with van der Waals surface area (Å²) in [5.74, 6) is -0.489. The van der Waals surface area contributed by atoms with Crippen LogP contribution in [-0.4, -0.2) is 19.6 Å². The maximum atomic E-state index is 12.8. The van der Waals surface area contributed by atoms with E-state index >= 15 is 0 Å². The minimum Gasteiger partial charge on any atom is -0.480 e. The number of nitrogens with two attached hydrogens (primary N) is 1. The molecule has 15 heavy (non-hydrogen) atoms. The highest BCUT2D eigenvalue weighted by molar-refractivity contribution is 9.10.